The zero-order valence-corrected chi connectivity index (χ0v) is 19.8. The number of aromatic nitrogens is 2. The van der Waals surface area contributed by atoms with E-state index in [0.29, 0.717) is 23.0 Å². The summed E-state index contributed by atoms with van der Waals surface area (Å²) in [5.41, 5.74) is 2.66. The number of methoxy groups -OCH3 is 1. The average molecular weight is 466 g/mol. The summed E-state index contributed by atoms with van der Waals surface area (Å²) in [6.07, 6.45) is 0. The third-order valence-electron chi connectivity index (χ3n) is 5.83. The number of nitrogens with zero attached hydrogens (tertiary/aromatic N) is 3. The molecular formula is C25H24ClN3O4. The van der Waals surface area contributed by atoms with Gasteiger partial charge in [0.1, 0.15) is 5.15 Å². The number of ether oxygens (including phenoxy) is 2. The predicted octanol–water partition coefficient (Wildman–Crippen LogP) is 4.94. The van der Waals surface area contributed by atoms with Crippen LogP contribution in [-0.2, 0) is 9.53 Å². The summed E-state index contributed by atoms with van der Waals surface area (Å²) in [7, 11) is 4.80. The Bertz CT molecular complexity index is 1240. The van der Waals surface area contributed by atoms with E-state index in [-0.39, 0.29) is 17.0 Å². The molecule has 0 fully saturated rings. The lowest BCUT2D eigenvalue weighted by atomic mass is 9.71. The quantitative estimate of drug-likeness (QED) is 0.401. The molecule has 7 nitrogen and oxygen atoms in total. The van der Waals surface area contributed by atoms with Crippen molar-refractivity contribution in [3.05, 3.63) is 70.4 Å². The SMILES string of the molecule is COC(=O)C(C)(C)C1c2ccc(Cl)nc2Oc2nc(-c3ccc(C(=O)N(C)C)cc3)ccc21. The highest BCUT2D eigenvalue weighted by Gasteiger charge is 2.45. The van der Waals surface area contributed by atoms with Gasteiger partial charge in [-0.25, -0.2) is 9.97 Å². The van der Waals surface area contributed by atoms with E-state index in [9.17, 15) is 9.59 Å². The summed E-state index contributed by atoms with van der Waals surface area (Å²) in [5.74, 6) is -0.156. The molecule has 0 saturated heterocycles. The van der Waals surface area contributed by atoms with Gasteiger partial charge in [-0.15, -0.1) is 0 Å². The summed E-state index contributed by atoms with van der Waals surface area (Å²) < 4.78 is 11.1. The minimum Gasteiger partial charge on any atom is -0.469 e. The molecule has 33 heavy (non-hydrogen) atoms. The second-order valence-corrected chi connectivity index (χ2v) is 9.03. The number of carbonyl (C=O) groups excluding carboxylic acids is 2. The van der Waals surface area contributed by atoms with Gasteiger partial charge in [-0.1, -0.05) is 29.8 Å². The lowest BCUT2D eigenvalue weighted by Gasteiger charge is -2.36. The first-order valence-electron chi connectivity index (χ1n) is 10.4. The normalized spacial score (nSPS) is 14.5. The van der Waals surface area contributed by atoms with Crippen molar-refractivity contribution in [1.29, 1.82) is 0 Å². The number of amides is 1. The highest BCUT2D eigenvalue weighted by Crippen LogP contribution is 2.51. The molecule has 0 saturated carbocycles. The number of halogens is 1. The van der Waals surface area contributed by atoms with Gasteiger partial charge >= 0.3 is 5.97 Å². The highest BCUT2D eigenvalue weighted by molar-refractivity contribution is 6.29. The number of esters is 1. The topological polar surface area (TPSA) is 81.6 Å². The first kappa shape index (κ1) is 22.7. The Balaban J connectivity index is 1.79. The molecule has 1 amide bonds. The molecule has 8 heteroatoms. The Hall–Kier alpha value is -3.45. The predicted molar refractivity (Wildman–Crippen MR) is 125 cm³/mol. The van der Waals surface area contributed by atoms with E-state index >= 15 is 0 Å². The highest BCUT2D eigenvalue weighted by atomic mass is 35.5. The van der Waals surface area contributed by atoms with Gasteiger partial charge in [0.05, 0.1) is 18.2 Å². The molecule has 4 rings (SSSR count). The van der Waals surface area contributed by atoms with Crippen molar-refractivity contribution in [3.8, 4) is 23.0 Å². The molecule has 2 aromatic heterocycles. The number of fused-ring (bicyclic) bond motifs is 2. The van der Waals surface area contributed by atoms with E-state index in [1.54, 1.807) is 32.3 Å². The van der Waals surface area contributed by atoms with Crippen LogP contribution in [0.5, 0.6) is 11.8 Å². The van der Waals surface area contributed by atoms with Crippen molar-refractivity contribution in [3.63, 3.8) is 0 Å². The fraction of sp³-hybridized carbons (Fsp3) is 0.280. The Morgan fingerprint density at radius 3 is 2.18 bits per heavy atom. The Kier molecular flexibility index (Phi) is 5.84. The molecular weight excluding hydrogens is 442 g/mol. The standard InChI is InChI=1S/C25H24ClN3O4/c1-25(2,24(31)32-5)20-16-10-12-18(14-6-8-15(9-7-14)23(30)29(3)4)27-21(16)33-22-17(20)11-13-19(26)28-22/h6-13,20H,1-5H3. The second-order valence-electron chi connectivity index (χ2n) is 8.64. The Labute approximate surface area is 197 Å². The lowest BCUT2D eigenvalue weighted by Crippen LogP contribution is -2.35. The van der Waals surface area contributed by atoms with Crippen LogP contribution in [0.3, 0.4) is 0 Å². The number of pyridine rings is 2. The van der Waals surface area contributed by atoms with Gasteiger partial charge in [-0.2, -0.15) is 0 Å². The van der Waals surface area contributed by atoms with E-state index in [1.165, 1.54) is 12.0 Å². The molecule has 1 aliphatic rings. The molecule has 0 aliphatic carbocycles. The van der Waals surface area contributed by atoms with Crippen LogP contribution in [-0.4, -0.2) is 47.9 Å². The molecule has 0 radical (unpaired) electrons. The van der Waals surface area contributed by atoms with E-state index in [1.807, 2.05) is 44.2 Å². The van der Waals surface area contributed by atoms with E-state index in [0.717, 1.165) is 16.7 Å². The van der Waals surface area contributed by atoms with Gasteiger partial charge in [0.25, 0.3) is 5.91 Å². The molecule has 0 bridgehead atoms. The van der Waals surface area contributed by atoms with Crippen LogP contribution in [0.25, 0.3) is 11.3 Å². The van der Waals surface area contributed by atoms with Crippen LogP contribution in [0.15, 0.2) is 48.5 Å². The fourth-order valence-electron chi connectivity index (χ4n) is 4.10. The Morgan fingerprint density at radius 2 is 1.58 bits per heavy atom. The summed E-state index contributed by atoms with van der Waals surface area (Å²) >= 11 is 6.11. The van der Waals surface area contributed by atoms with E-state index in [4.69, 9.17) is 26.1 Å². The fourth-order valence-corrected chi connectivity index (χ4v) is 4.24. The van der Waals surface area contributed by atoms with Crippen molar-refractivity contribution in [1.82, 2.24) is 14.9 Å². The number of hydrogen-bond acceptors (Lipinski definition) is 6. The lowest BCUT2D eigenvalue weighted by molar-refractivity contribution is -0.151. The minimum absolute atomic E-state index is 0.0734. The maximum atomic E-state index is 12.7. The largest absolute Gasteiger partial charge is 0.469 e. The molecule has 1 aromatic carbocycles. The van der Waals surface area contributed by atoms with Crippen molar-refractivity contribution in [2.24, 2.45) is 5.41 Å². The summed E-state index contributed by atoms with van der Waals surface area (Å²) in [6, 6.07) is 14.5. The number of rotatable bonds is 4. The molecule has 1 unspecified atom stereocenters. The summed E-state index contributed by atoms with van der Waals surface area (Å²) in [5, 5.41) is 0.282. The van der Waals surface area contributed by atoms with Gasteiger partial charge in [0.15, 0.2) is 0 Å². The van der Waals surface area contributed by atoms with Gasteiger partial charge < -0.3 is 14.4 Å². The number of hydrogen-bond donors (Lipinski definition) is 0. The molecule has 170 valence electrons. The van der Waals surface area contributed by atoms with Crippen LogP contribution in [0, 0.1) is 5.41 Å². The van der Waals surface area contributed by atoms with Crippen molar-refractivity contribution in [2.75, 3.05) is 21.2 Å². The zero-order chi connectivity index (χ0) is 23.9. The maximum Gasteiger partial charge on any atom is 0.312 e. The first-order valence-corrected chi connectivity index (χ1v) is 10.8. The third-order valence-corrected chi connectivity index (χ3v) is 6.04. The molecule has 0 spiro atoms. The molecule has 3 heterocycles. The monoisotopic (exact) mass is 465 g/mol. The first-order chi connectivity index (χ1) is 15.6. The summed E-state index contributed by atoms with van der Waals surface area (Å²) in [4.78, 5) is 35.4. The number of carbonyl (C=O) groups is 2. The number of benzene rings is 1. The molecule has 1 aliphatic heterocycles. The van der Waals surface area contributed by atoms with Gasteiger partial charge in [-0.3, -0.25) is 9.59 Å². The third kappa shape index (κ3) is 4.04. The molecule has 1 atom stereocenters. The second kappa shape index (κ2) is 8.48. The van der Waals surface area contributed by atoms with Crippen LogP contribution in [0.1, 0.15) is 41.3 Å². The smallest absolute Gasteiger partial charge is 0.312 e. The van der Waals surface area contributed by atoms with Crippen molar-refractivity contribution in [2.45, 2.75) is 19.8 Å². The molecule has 3 aromatic rings. The van der Waals surface area contributed by atoms with Crippen LogP contribution < -0.4 is 4.74 Å². The van der Waals surface area contributed by atoms with Crippen molar-refractivity contribution >= 4 is 23.5 Å². The Morgan fingerprint density at radius 1 is 0.970 bits per heavy atom. The van der Waals surface area contributed by atoms with Crippen LogP contribution in [0.2, 0.25) is 5.15 Å². The maximum absolute atomic E-state index is 12.7. The minimum atomic E-state index is -0.908. The van der Waals surface area contributed by atoms with E-state index in [2.05, 4.69) is 4.98 Å². The average Bonchev–Trinajstić information content (AvgIpc) is 2.80. The van der Waals surface area contributed by atoms with Crippen LogP contribution >= 0.6 is 11.6 Å². The van der Waals surface area contributed by atoms with Gasteiger partial charge in [0.2, 0.25) is 11.8 Å². The van der Waals surface area contributed by atoms with E-state index < -0.39 is 11.3 Å². The molecule has 0 N–H and O–H groups in total. The van der Waals surface area contributed by atoms with Crippen molar-refractivity contribution < 1.29 is 19.1 Å². The summed E-state index contributed by atoms with van der Waals surface area (Å²) in [6.45, 7) is 3.65. The van der Waals surface area contributed by atoms with Crippen LogP contribution in [0.4, 0.5) is 0 Å². The van der Waals surface area contributed by atoms with Gasteiger partial charge in [-0.05, 0) is 44.2 Å². The zero-order valence-electron chi connectivity index (χ0n) is 19.0. The van der Waals surface area contributed by atoms with Gasteiger partial charge in [0, 0.05) is 42.3 Å².